The molecule has 19 heteroatoms. The van der Waals surface area contributed by atoms with Crippen LogP contribution in [0.3, 0.4) is 0 Å². The lowest BCUT2D eigenvalue weighted by Crippen LogP contribution is -2.48. The van der Waals surface area contributed by atoms with Gasteiger partial charge in [0.15, 0.2) is 5.78 Å². The molecule has 0 aliphatic rings. The summed E-state index contributed by atoms with van der Waals surface area (Å²) in [5, 5.41) is 18.8. The van der Waals surface area contributed by atoms with Crippen LogP contribution in [-0.2, 0) is 44.8 Å². The summed E-state index contributed by atoms with van der Waals surface area (Å²) in [5.74, 6) is -4.58. The van der Waals surface area contributed by atoms with Crippen LogP contribution in [0.15, 0.2) is 48.5 Å². The molecule has 19 nitrogen and oxygen atoms in total. The summed E-state index contributed by atoms with van der Waals surface area (Å²) in [6, 6.07) is 9.38. The molecule has 2 rings (SSSR count). The van der Waals surface area contributed by atoms with Gasteiger partial charge < -0.3 is 46.4 Å². The lowest BCUT2D eigenvalue weighted by molar-refractivity contribution is -0.384. The van der Waals surface area contributed by atoms with Gasteiger partial charge in [-0.05, 0) is 55.0 Å². The van der Waals surface area contributed by atoms with Gasteiger partial charge in [0.05, 0.1) is 31.3 Å². The molecule has 0 bridgehead atoms. The molecule has 4 amide bonds. The summed E-state index contributed by atoms with van der Waals surface area (Å²) in [6.07, 6.45) is -1.13. The number of hydrogen-bond donors (Lipinski definition) is 5. The molecular weight excluding hydrogens is 748 g/mol. The number of methoxy groups -OCH3 is 1. The van der Waals surface area contributed by atoms with Crippen LogP contribution in [0.4, 0.5) is 21.0 Å². The van der Waals surface area contributed by atoms with Crippen LogP contribution in [0, 0.1) is 27.9 Å². The number of primary amides is 1. The van der Waals surface area contributed by atoms with Gasteiger partial charge in [0.25, 0.3) is 5.69 Å². The zero-order chi connectivity index (χ0) is 42.3. The number of carbonyl (C=O) groups excluding carboxylic acids is 7. The van der Waals surface area contributed by atoms with E-state index in [0.29, 0.717) is 17.7 Å². The van der Waals surface area contributed by atoms with Gasteiger partial charge in [-0.1, -0.05) is 26.0 Å². The van der Waals surface area contributed by atoms with Crippen LogP contribution >= 0.6 is 0 Å². The first-order valence-corrected chi connectivity index (χ1v) is 18.3. The number of hydrogen-bond acceptors (Lipinski definition) is 14. The number of rotatable bonds is 26. The first kappa shape index (κ1) is 47.2. The number of non-ortho nitro benzene ring substituents is 1. The fourth-order valence-electron chi connectivity index (χ4n) is 5.45. The summed E-state index contributed by atoms with van der Waals surface area (Å²) in [6.45, 7) is 4.08. The standard InChI is InChI=1S/C38H52N6O13/c1-24(2)34(43-36(49)27(8-15-33(47)54-3)21-30(45)16-19-55-20-17-39)32(46)22-26(5-4-18-41-37(40)50)35(48)42-28-9-6-25(7-10-28)23-56-38(51)57-31-13-11-29(12-14-31)44(52)53/h6-7,9-14,24,26-27,34H,4-5,8,15-23,39H2,1-3H3,(H,42,48)(H,43,49)(H3,40,41,50)/t26-,27?,34+/m1/s1. The Hall–Kier alpha value is -5.95. The number of anilines is 1. The Labute approximate surface area is 330 Å². The van der Waals surface area contributed by atoms with Gasteiger partial charge in [0, 0.05) is 68.4 Å². The number of nitrogens with zero attached hydrogens (tertiary/aromatic N) is 1. The Bertz CT molecular complexity index is 1670. The highest BCUT2D eigenvalue weighted by Gasteiger charge is 2.32. The topological polar surface area (TPSA) is 288 Å². The molecule has 0 aliphatic heterocycles. The van der Waals surface area contributed by atoms with Gasteiger partial charge in [-0.3, -0.25) is 34.1 Å². The summed E-state index contributed by atoms with van der Waals surface area (Å²) >= 11 is 0. The van der Waals surface area contributed by atoms with Crippen molar-refractivity contribution in [1.29, 1.82) is 0 Å². The van der Waals surface area contributed by atoms with Crippen molar-refractivity contribution >= 4 is 52.9 Å². The molecule has 0 fully saturated rings. The summed E-state index contributed by atoms with van der Waals surface area (Å²) in [4.78, 5) is 99.0. The van der Waals surface area contributed by atoms with Crippen molar-refractivity contribution in [2.75, 3.05) is 38.7 Å². The summed E-state index contributed by atoms with van der Waals surface area (Å²) < 4.78 is 20.1. The molecule has 0 radical (unpaired) electrons. The van der Waals surface area contributed by atoms with Crippen LogP contribution < -0.4 is 32.2 Å². The van der Waals surface area contributed by atoms with E-state index in [2.05, 4.69) is 16.0 Å². The molecule has 312 valence electrons. The minimum absolute atomic E-state index is 0.00197. The molecule has 0 saturated heterocycles. The van der Waals surface area contributed by atoms with Gasteiger partial charge in [-0.15, -0.1) is 0 Å². The predicted molar refractivity (Wildman–Crippen MR) is 205 cm³/mol. The molecule has 0 spiro atoms. The average molecular weight is 801 g/mol. The van der Waals surface area contributed by atoms with Crippen LogP contribution in [0.2, 0.25) is 0 Å². The van der Waals surface area contributed by atoms with E-state index in [0.717, 1.165) is 0 Å². The molecule has 0 aliphatic carbocycles. The third kappa shape index (κ3) is 18.5. The lowest BCUT2D eigenvalue weighted by Gasteiger charge is -2.26. The van der Waals surface area contributed by atoms with Crippen LogP contribution in [0.25, 0.3) is 0 Å². The molecule has 0 aromatic heterocycles. The number of amides is 4. The fourth-order valence-corrected chi connectivity index (χ4v) is 5.45. The second-order valence-electron chi connectivity index (χ2n) is 13.3. The van der Waals surface area contributed by atoms with E-state index in [4.69, 9.17) is 30.4 Å². The Morgan fingerprint density at radius 1 is 0.860 bits per heavy atom. The van der Waals surface area contributed by atoms with Gasteiger partial charge >= 0.3 is 18.2 Å². The third-order valence-corrected chi connectivity index (χ3v) is 8.54. The molecule has 3 atom stereocenters. The number of esters is 1. The number of carbonyl (C=O) groups is 7. The average Bonchev–Trinajstić information content (AvgIpc) is 3.17. The lowest BCUT2D eigenvalue weighted by atomic mass is 9.88. The van der Waals surface area contributed by atoms with Crippen molar-refractivity contribution in [3.63, 3.8) is 0 Å². The number of benzene rings is 2. The molecule has 2 aromatic rings. The first-order valence-electron chi connectivity index (χ1n) is 18.3. The van der Waals surface area contributed by atoms with Gasteiger partial charge in [0.2, 0.25) is 11.8 Å². The van der Waals surface area contributed by atoms with Crippen LogP contribution in [-0.4, -0.2) is 85.9 Å². The number of ketones is 2. The summed E-state index contributed by atoms with van der Waals surface area (Å²) in [7, 11) is 1.21. The maximum absolute atomic E-state index is 13.8. The predicted octanol–water partition coefficient (Wildman–Crippen LogP) is 3.31. The Morgan fingerprint density at radius 3 is 2.12 bits per heavy atom. The monoisotopic (exact) mass is 800 g/mol. The van der Waals surface area contributed by atoms with E-state index in [1.165, 1.54) is 31.4 Å². The quantitative estimate of drug-likeness (QED) is 0.0300. The second-order valence-corrected chi connectivity index (χ2v) is 13.3. The molecule has 2 aromatic carbocycles. The third-order valence-electron chi connectivity index (χ3n) is 8.54. The van der Waals surface area contributed by atoms with Gasteiger partial charge in [-0.2, -0.15) is 0 Å². The zero-order valence-corrected chi connectivity index (χ0v) is 32.3. The Kier molecular flexibility index (Phi) is 20.9. The highest BCUT2D eigenvalue weighted by atomic mass is 16.7. The van der Waals surface area contributed by atoms with E-state index in [9.17, 15) is 43.7 Å². The summed E-state index contributed by atoms with van der Waals surface area (Å²) in [5.41, 5.74) is 11.3. The maximum Gasteiger partial charge on any atom is 0.514 e. The van der Waals surface area contributed by atoms with Crippen molar-refractivity contribution < 1.29 is 57.4 Å². The number of nitrogens with two attached hydrogens (primary N) is 2. The molecule has 0 heterocycles. The molecule has 1 unspecified atom stereocenters. The van der Waals surface area contributed by atoms with Crippen molar-refractivity contribution in [3.05, 3.63) is 64.2 Å². The Morgan fingerprint density at radius 2 is 1.53 bits per heavy atom. The van der Waals surface area contributed by atoms with Crippen LogP contribution in [0.5, 0.6) is 5.75 Å². The minimum atomic E-state index is -1.04. The van der Waals surface area contributed by atoms with Crippen LogP contribution in [0.1, 0.15) is 64.4 Å². The maximum atomic E-state index is 13.8. The number of Topliss-reactive ketones (excluding diaryl/α,β-unsaturated/α-hetero) is 2. The van der Waals surface area contributed by atoms with Crippen molar-refractivity contribution in [3.8, 4) is 5.75 Å². The zero-order valence-electron chi connectivity index (χ0n) is 32.3. The van der Waals surface area contributed by atoms with E-state index in [-0.39, 0.29) is 88.7 Å². The van der Waals surface area contributed by atoms with Gasteiger partial charge in [-0.25, -0.2) is 9.59 Å². The molecule has 0 saturated carbocycles. The van der Waals surface area contributed by atoms with E-state index in [1.807, 2.05) is 0 Å². The number of ether oxygens (including phenoxy) is 4. The second kappa shape index (κ2) is 25.3. The van der Waals surface area contributed by atoms with Crippen molar-refractivity contribution in [2.24, 2.45) is 29.2 Å². The minimum Gasteiger partial charge on any atom is -0.469 e. The number of nitro benzene ring substituents is 1. The normalized spacial score (nSPS) is 12.4. The number of urea groups is 1. The highest BCUT2D eigenvalue weighted by Crippen LogP contribution is 2.22. The molecule has 57 heavy (non-hydrogen) atoms. The van der Waals surface area contributed by atoms with Crippen molar-refractivity contribution in [2.45, 2.75) is 71.4 Å². The van der Waals surface area contributed by atoms with E-state index in [1.54, 1.807) is 38.1 Å². The van der Waals surface area contributed by atoms with E-state index >= 15 is 0 Å². The highest BCUT2D eigenvalue weighted by molar-refractivity contribution is 5.98. The van der Waals surface area contributed by atoms with Gasteiger partial charge in [0.1, 0.15) is 18.1 Å². The number of nitro groups is 1. The first-order chi connectivity index (χ1) is 27.1. The number of nitrogens with one attached hydrogen (secondary N) is 3. The van der Waals surface area contributed by atoms with Crippen molar-refractivity contribution in [1.82, 2.24) is 10.6 Å². The van der Waals surface area contributed by atoms with E-state index < -0.39 is 64.5 Å². The molecule has 7 N–H and O–H groups in total. The largest absolute Gasteiger partial charge is 0.514 e. The Balaban J connectivity index is 2.11. The fraction of sp³-hybridized carbons (Fsp3) is 0.500. The smallest absolute Gasteiger partial charge is 0.469 e. The molecular formula is C38H52N6O13. The SMILES string of the molecule is COC(=O)CCC(CC(=O)CCOCCN)C(=O)N[C@H](C(=O)C[C@@H](CCCNC(N)=O)C(=O)Nc1ccc(COC(=O)Oc2ccc([N+](=O)[O-])cc2)cc1)C(C)C.